The molecule has 2 N–H and O–H groups in total. The molecule has 1 amide bonds. The van der Waals surface area contributed by atoms with Gasteiger partial charge in [-0.15, -0.1) is 12.4 Å². The third kappa shape index (κ3) is 3.65. The summed E-state index contributed by atoms with van der Waals surface area (Å²) in [6.07, 6.45) is -0.108. The van der Waals surface area contributed by atoms with Gasteiger partial charge in [0.25, 0.3) is 5.91 Å². The Morgan fingerprint density at radius 3 is 2.95 bits per heavy atom. The van der Waals surface area contributed by atoms with E-state index >= 15 is 0 Å². The fourth-order valence-electron chi connectivity index (χ4n) is 2.08. The normalized spacial score (nSPS) is 18.9. The van der Waals surface area contributed by atoms with Gasteiger partial charge < -0.3 is 15.4 Å². The number of halogens is 2. The molecule has 19 heavy (non-hydrogen) atoms. The number of hydrogen-bond acceptors (Lipinski definition) is 3. The van der Waals surface area contributed by atoms with Gasteiger partial charge in [-0.3, -0.25) is 4.79 Å². The minimum Gasteiger partial charge on any atom is -0.373 e. The van der Waals surface area contributed by atoms with Gasteiger partial charge in [-0.1, -0.05) is 0 Å². The number of rotatable bonds is 2. The SMILES string of the molecule is Cc1cc(F)ccc1C(=O)N1CCOC(CN)C1.Cl. The molecular formula is C13H18ClFN2O2. The summed E-state index contributed by atoms with van der Waals surface area (Å²) in [5, 5.41) is 0. The van der Waals surface area contributed by atoms with Gasteiger partial charge in [0.15, 0.2) is 0 Å². The predicted octanol–water partition coefficient (Wildman–Crippen LogP) is 1.36. The number of hydrogen-bond donors (Lipinski definition) is 1. The molecule has 106 valence electrons. The molecule has 1 heterocycles. The molecular weight excluding hydrogens is 271 g/mol. The Labute approximate surface area is 118 Å². The van der Waals surface area contributed by atoms with Crippen LogP contribution in [0.5, 0.6) is 0 Å². The standard InChI is InChI=1S/C13H17FN2O2.ClH/c1-9-6-10(14)2-3-12(9)13(17)16-4-5-18-11(7-15)8-16;/h2-3,6,11H,4-5,7-8,15H2,1H3;1H. The second-order valence-corrected chi connectivity index (χ2v) is 4.44. The molecule has 6 heteroatoms. The minimum atomic E-state index is -0.328. The van der Waals surface area contributed by atoms with Crippen molar-refractivity contribution in [3.8, 4) is 0 Å². The van der Waals surface area contributed by atoms with E-state index in [1.165, 1.54) is 18.2 Å². The summed E-state index contributed by atoms with van der Waals surface area (Å²) in [7, 11) is 0. The van der Waals surface area contributed by atoms with E-state index in [0.29, 0.717) is 37.4 Å². The third-order valence-electron chi connectivity index (χ3n) is 3.11. The number of carbonyl (C=O) groups excluding carboxylic acids is 1. The fraction of sp³-hybridized carbons (Fsp3) is 0.462. The molecule has 0 aromatic heterocycles. The Balaban J connectivity index is 0.00000180. The van der Waals surface area contributed by atoms with Gasteiger partial charge >= 0.3 is 0 Å². The molecule has 1 saturated heterocycles. The number of aryl methyl sites for hydroxylation is 1. The van der Waals surface area contributed by atoms with Crippen molar-refractivity contribution in [2.75, 3.05) is 26.2 Å². The Bertz CT molecular complexity index is 456. The van der Waals surface area contributed by atoms with Crippen LogP contribution in [0.15, 0.2) is 18.2 Å². The lowest BCUT2D eigenvalue weighted by molar-refractivity contribution is -0.0167. The number of carbonyl (C=O) groups is 1. The monoisotopic (exact) mass is 288 g/mol. The number of amides is 1. The third-order valence-corrected chi connectivity index (χ3v) is 3.11. The van der Waals surface area contributed by atoms with Crippen molar-refractivity contribution >= 4 is 18.3 Å². The van der Waals surface area contributed by atoms with Crippen LogP contribution in [0.4, 0.5) is 4.39 Å². The minimum absolute atomic E-state index is 0. The van der Waals surface area contributed by atoms with E-state index in [0.717, 1.165) is 0 Å². The van der Waals surface area contributed by atoms with Crippen LogP contribution < -0.4 is 5.73 Å². The maximum Gasteiger partial charge on any atom is 0.254 e. The van der Waals surface area contributed by atoms with E-state index in [1.807, 2.05) is 0 Å². The zero-order chi connectivity index (χ0) is 13.1. The van der Waals surface area contributed by atoms with Crippen LogP contribution in [0, 0.1) is 12.7 Å². The molecule has 1 aliphatic rings. The van der Waals surface area contributed by atoms with Crippen molar-refractivity contribution < 1.29 is 13.9 Å². The van der Waals surface area contributed by atoms with Crippen molar-refractivity contribution in [3.63, 3.8) is 0 Å². The number of nitrogens with zero attached hydrogens (tertiary/aromatic N) is 1. The summed E-state index contributed by atoms with van der Waals surface area (Å²) in [6.45, 7) is 3.66. The average Bonchev–Trinajstić information content (AvgIpc) is 2.38. The Kier molecular flexibility index (Phi) is 5.72. The summed E-state index contributed by atoms with van der Waals surface area (Å²) >= 11 is 0. The van der Waals surface area contributed by atoms with E-state index in [4.69, 9.17) is 10.5 Å². The molecule has 1 aromatic rings. The molecule has 0 spiro atoms. The fourth-order valence-corrected chi connectivity index (χ4v) is 2.08. The van der Waals surface area contributed by atoms with Crippen molar-refractivity contribution in [2.45, 2.75) is 13.0 Å². The van der Waals surface area contributed by atoms with Crippen LogP contribution >= 0.6 is 12.4 Å². The lowest BCUT2D eigenvalue weighted by Crippen LogP contribution is -2.48. The van der Waals surface area contributed by atoms with Gasteiger partial charge in [-0.25, -0.2) is 4.39 Å². The molecule has 4 nitrogen and oxygen atoms in total. The van der Waals surface area contributed by atoms with Crippen LogP contribution in [-0.2, 0) is 4.74 Å². The van der Waals surface area contributed by atoms with Crippen LogP contribution in [0.2, 0.25) is 0 Å². The first kappa shape index (κ1) is 15.9. The summed E-state index contributed by atoms with van der Waals surface area (Å²) in [5.74, 6) is -0.417. The molecule has 1 aliphatic heterocycles. The molecule has 1 atom stereocenters. The van der Waals surface area contributed by atoms with Crippen LogP contribution in [0.25, 0.3) is 0 Å². The molecule has 2 rings (SSSR count). The van der Waals surface area contributed by atoms with Crippen LogP contribution in [0.1, 0.15) is 15.9 Å². The molecule has 0 radical (unpaired) electrons. The van der Waals surface area contributed by atoms with Gasteiger partial charge in [-0.2, -0.15) is 0 Å². The van der Waals surface area contributed by atoms with Gasteiger partial charge in [0.2, 0.25) is 0 Å². The topological polar surface area (TPSA) is 55.6 Å². The van der Waals surface area contributed by atoms with E-state index in [2.05, 4.69) is 0 Å². The average molecular weight is 289 g/mol. The summed E-state index contributed by atoms with van der Waals surface area (Å²) in [4.78, 5) is 14.0. The first-order valence-electron chi connectivity index (χ1n) is 5.99. The summed E-state index contributed by atoms with van der Waals surface area (Å²) in [5.41, 5.74) is 6.73. The highest BCUT2D eigenvalue weighted by Crippen LogP contribution is 2.15. The number of nitrogens with two attached hydrogens (primary N) is 1. The van der Waals surface area contributed by atoms with Crippen molar-refractivity contribution in [1.29, 1.82) is 0 Å². The Morgan fingerprint density at radius 2 is 2.32 bits per heavy atom. The maximum absolute atomic E-state index is 13.0. The number of morpholine rings is 1. The molecule has 0 saturated carbocycles. The summed E-state index contributed by atoms with van der Waals surface area (Å²) in [6, 6.07) is 4.20. The zero-order valence-corrected chi connectivity index (χ0v) is 11.6. The zero-order valence-electron chi connectivity index (χ0n) is 10.8. The molecule has 0 aliphatic carbocycles. The van der Waals surface area contributed by atoms with E-state index < -0.39 is 0 Å². The lowest BCUT2D eigenvalue weighted by atomic mass is 10.1. The van der Waals surface area contributed by atoms with Gasteiger partial charge in [0, 0.05) is 25.2 Å². The van der Waals surface area contributed by atoms with E-state index in [-0.39, 0.29) is 30.2 Å². The van der Waals surface area contributed by atoms with Gasteiger partial charge in [0.05, 0.1) is 12.7 Å². The highest BCUT2D eigenvalue weighted by Gasteiger charge is 2.24. The van der Waals surface area contributed by atoms with Crippen molar-refractivity contribution in [2.24, 2.45) is 5.73 Å². The maximum atomic E-state index is 13.0. The van der Waals surface area contributed by atoms with Crippen LogP contribution in [0.3, 0.4) is 0 Å². The van der Waals surface area contributed by atoms with Crippen LogP contribution in [-0.4, -0.2) is 43.2 Å². The first-order chi connectivity index (χ1) is 8.61. The Hall–Kier alpha value is -1.17. The number of ether oxygens (including phenoxy) is 1. The smallest absolute Gasteiger partial charge is 0.254 e. The molecule has 1 aromatic carbocycles. The highest BCUT2D eigenvalue weighted by atomic mass is 35.5. The molecule has 1 fully saturated rings. The number of benzene rings is 1. The first-order valence-corrected chi connectivity index (χ1v) is 5.99. The summed E-state index contributed by atoms with van der Waals surface area (Å²) < 4.78 is 18.4. The van der Waals surface area contributed by atoms with Crippen molar-refractivity contribution in [1.82, 2.24) is 4.90 Å². The predicted molar refractivity (Wildman–Crippen MR) is 73.1 cm³/mol. The second kappa shape index (κ2) is 6.84. The lowest BCUT2D eigenvalue weighted by Gasteiger charge is -2.32. The van der Waals surface area contributed by atoms with E-state index in [1.54, 1.807) is 11.8 Å². The van der Waals surface area contributed by atoms with Gasteiger partial charge in [0.1, 0.15) is 5.82 Å². The van der Waals surface area contributed by atoms with E-state index in [9.17, 15) is 9.18 Å². The van der Waals surface area contributed by atoms with Gasteiger partial charge in [-0.05, 0) is 30.7 Å². The van der Waals surface area contributed by atoms with Crippen molar-refractivity contribution in [3.05, 3.63) is 35.1 Å². The largest absolute Gasteiger partial charge is 0.373 e. The molecule has 1 unspecified atom stereocenters. The highest BCUT2D eigenvalue weighted by molar-refractivity contribution is 5.95. The second-order valence-electron chi connectivity index (χ2n) is 4.44. The Morgan fingerprint density at radius 1 is 1.58 bits per heavy atom. The quantitative estimate of drug-likeness (QED) is 0.894. The molecule has 0 bridgehead atoms.